The van der Waals surface area contributed by atoms with Crippen molar-refractivity contribution in [2.75, 3.05) is 11.9 Å². The number of nitrogens with zero attached hydrogens (tertiary/aromatic N) is 1. The van der Waals surface area contributed by atoms with Gasteiger partial charge in [-0.2, -0.15) is 5.10 Å². The summed E-state index contributed by atoms with van der Waals surface area (Å²) in [6.45, 7) is 1.76. The van der Waals surface area contributed by atoms with Crippen LogP contribution in [-0.2, 0) is 4.79 Å². The Morgan fingerprint density at radius 2 is 1.77 bits per heavy atom. The molecule has 0 spiro atoms. The second-order valence-corrected chi connectivity index (χ2v) is 7.42. The van der Waals surface area contributed by atoms with Crippen molar-refractivity contribution in [3.63, 3.8) is 0 Å². The van der Waals surface area contributed by atoms with E-state index in [1.165, 1.54) is 6.21 Å². The van der Waals surface area contributed by atoms with Crippen LogP contribution in [0.15, 0.2) is 71.8 Å². The highest BCUT2D eigenvalue weighted by Gasteiger charge is 2.06. The maximum Gasteiger partial charge on any atom is 0.271 e. The summed E-state index contributed by atoms with van der Waals surface area (Å²) in [5, 5.41) is 7.40. The monoisotopic (exact) mass is 455 g/mol. The fraction of sp³-hybridized carbons (Fsp3) is 0.0870. The van der Waals surface area contributed by atoms with Gasteiger partial charge in [0.25, 0.3) is 11.8 Å². The first kappa shape index (κ1) is 22.3. The number of halogens is 2. The van der Waals surface area contributed by atoms with Crippen LogP contribution < -0.4 is 15.5 Å². The van der Waals surface area contributed by atoms with Crippen LogP contribution in [0.2, 0.25) is 10.0 Å². The molecule has 6 nitrogen and oxygen atoms in total. The molecule has 0 aliphatic rings. The number of rotatable bonds is 7. The van der Waals surface area contributed by atoms with E-state index in [0.717, 1.165) is 5.56 Å². The molecule has 0 saturated heterocycles. The molecule has 3 aromatic rings. The molecule has 0 aromatic heterocycles. The number of hydrazone groups is 1. The Hall–Kier alpha value is -3.35. The van der Waals surface area contributed by atoms with Crippen molar-refractivity contribution < 1.29 is 14.3 Å². The molecule has 31 heavy (non-hydrogen) atoms. The lowest BCUT2D eigenvalue weighted by Gasteiger charge is -2.08. The zero-order valence-corrected chi connectivity index (χ0v) is 18.1. The smallest absolute Gasteiger partial charge is 0.271 e. The highest BCUT2D eigenvalue weighted by atomic mass is 35.5. The van der Waals surface area contributed by atoms with Gasteiger partial charge in [0.1, 0.15) is 5.75 Å². The van der Waals surface area contributed by atoms with E-state index in [1.54, 1.807) is 54.6 Å². The molecular weight excluding hydrogens is 437 g/mol. The number of anilines is 1. The van der Waals surface area contributed by atoms with Gasteiger partial charge in [0.05, 0.1) is 16.3 Å². The third-order valence-corrected chi connectivity index (χ3v) is 4.86. The predicted molar refractivity (Wildman–Crippen MR) is 123 cm³/mol. The molecule has 2 N–H and O–H groups in total. The quantitative estimate of drug-likeness (QED) is 0.384. The Labute approximate surface area is 189 Å². The van der Waals surface area contributed by atoms with Crippen molar-refractivity contribution in [1.82, 2.24) is 5.43 Å². The maximum absolute atomic E-state index is 12.1. The Bertz CT molecular complexity index is 1120. The lowest BCUT2D eigenvalue weighted by molar-refractivity contribution is -0.118. The molecule has 0 fully saturated rings. The number of aryl methyl sites for hydroxylation is 1. The van der Waals surface area contributed by atoms with Crippen molar-refractivity contribution >= 4 is 46.9 Å². The Balaban J connectivity index is 1.51. The molecular formula is C23H19Cl2N3O3. The first-order valence-corrected chi connectivity index (χ1v) is 10.0. The molecule has 0 atom stereocenters. The minimum Gasteiger partial charge on any atom is -0.484 e. The number of amides is 2. The SMILES string of the molecule is Cc1ccc(C(=O)N/N=C/c2cccc(OCC(=O)Nc3ccc(Cl)c(Cl)c3)c2)cc1. The summed E-state index contributed by atoms with van der Waals surface area (Å²) < 4.78 is 5.52. The summed E-state index contributed by atoms with van der Waals surface area (Å²) in [7, 11) is 0. The summed E-state index contributed by atoms with van der Waals surface area (Å²) in [4.78, 5) is 24.2. The van der Waals surface area contributed by atoms with Crippen molar-refractivity contribution in [2.45, 2.75) is 6.92 Å². The largest absolute Gasteiger partial charge is 0.484 e. The molecule has 2 amide bonds. The van der Waals surface area contributed by atoms with Crippen molar-refractivity contribution in [1.29, 1.82) is 0 Å². The Morgan fingerprint density at radius 1 is 1.00 bits per heavy atom. The first-order valence-electron chi connectivity index (χ1n) is 9.28. The number of hydrogen-bond donors (Lipinski definition) is 2. The number of ether oxygens (including phenoxy) is 1. The van der Waals surface area contributed by atoms with E-state index in [4.69, 9.17) is 27.9 Å². The van der Waals surface area contributed by atoms with Gasteiger partial charge >= 0.3 is 0 Å². The van der Waals surface area contributed by atoms with Gasteiger partial charge in [-0.15, -0.1) is 0 Å². The standard InChI is InChI=1S/C23H19Cl2N3O3/c1-15-5-7-17(8-6-15)23(30)28-26-13-16-3-2-4-19(11-16)31-14-22(29)27-18-9-10-20(24)21(25)12-18/h2-13H,14H2,1H3,(H,27,29)(H,28,30)/b26-13+. The van der Waals surface area contributed by atoms with Gasteiger partial charge < -0.3 is 10.1 Å². The van der Waals surface area contributed by atoms with Crippen LogP contribution in [0.1, 0.15) is 21.5 Å². The lowest BCUT2D eigenvalue weighted by Crippen LogP contribution is -2.20. The summed E-state index contributed by atoms with van der Waals surface area (Å²) >= 11 is 11.8. The fourth-order valence-electron chi connectivity index (χ4n) is 2.54. The molecule has 8 heteroatoms. The van der Waals surface area contributed by atoms with Gasteiger partial charge in [0.15, 0.2) is 6.61 Å². The predicted octanol–water partition coefficient (Wildman–Crippen LogP) is 5.08. The highest BCUT2D eigenvalue weighted by Crippen LogP contribution is 2.25. The van der Waals surface area contributed by atoms with Crippen LogP contribution in [-0.4, -0.2) is 24.6 Å². The van der Waals surface area contributed by atoms with Crippen LogP contribution >= 0.6 is 23.2 Å². The first-order chi connectivity index (χ1) is 14.9. The third kappa shape index (κ3) is 6.84. The van der Waals surface area contributed by atoms with Gasteiger partial charge in [0, 0.05) is 11.3 Å². The third-order valence-electron chi connectivity index (χ3n) is 4.12. The van der Waals surface area contributed by atoms with Gasteiger partial charge in [-0.3, -0.25) is 9.59 Å². The normalized spacial score (nSPS) is 10.7. The average molecular weight is 456 g/mol. The van der Waals surface area contributed by atoms with Crippen LogP contribution in [0.5, 0.6) is 5.75 Å². The highest BCUT2D eigenvalue weighted by molar-refractivity contribution is 6.42. The van der Waals surface area contributed by atoms with E-state index in [2.05, 4.69) is 15.8 Å². The van der Waals surface area contributed by atoms with E-state index in [-0.39, 0.29) is 18.4 Å². The van der Waals surface area contributed by atoms with E-state index < -0.39 is 0 Å². The molecule has 3 aromatic carbocycles. The fourth-order valence-corrected chi connectivity index (χ4v) is 2.84. The summed E-state index contributed by atoms with van der Waals surface area (Å²) in [5.41, 5.74) is 5.29. The van der Waals surface area contributed by atoms with E-state index in [1.807, 2.05) is 19.1 Å². The molecule has 3 rings (SSSR count). The Morgan fingerprint density at radius 3 is 2.52 bits per heavy atom. The lowest BCUT2D eigenvalue weighted by atomic mass is 10.1. The number of nitrogens with one attached hydrogen (secondary N) is 2. The van der Waals surface area contributed by atoms with Gasteiger partial charge in [-0.05, 0) is 55.0 Å². The zero-order chi connectivity index (χ0) is 22.2. The molecule has 0 unspecified atom stereocenters. The summed E-state index contributed by atoms with van der Waals surface area (Å²) in [6, 6.07) is 19.0. The van der Waals surface area contributed by atoms with Crippen LogP contribution in [0.25, 0.3) is 0 Å². The molecule has 0 saturated carbocycles. The second kappa shape index (κ2) is 10.6. The summed E-state index contributed by atoms with van der Waals surface area (Å²) in [5.74, 6) is -0.163. The van der Waals surface area contributed by atoms with Gasteiger partial charge in [-0.25, -0.2) is 5.43 Å². The van der Waals surface area contributed by atoms with Crippen LogP contribution in [0, 0.1) is 6.92 Å². The molecule has 0 aliphatic heterocycles. The summed E-state index contributed by atoms with van der Waals surface area (Å²) in [6.07, 6.45) is 1.49. The van der Waals surface area contributed by atoms with E-state index in [9.17, 15) is 9.59 Å². The number of hydrogen-bond acceptors (Lipinski definition) is 4. The minimum absolute atomic E-state index is 0.189. The van der Waals surface area contributed by atoms with Crippen LogP contribution in [0.4, 0.5) is 5.69 Å². The van der Waals surface area contributed by atoms with E-state index in [0.29, 0.717) is 32.6 Å². The zero-order valence-electron chi connectivity index (χ0n) is 16.6. The van der Waals surface area contributed by atoms with Crippen molar-refractivity contribution in [2.24, 2.45) is 5.10 Å². The molecule has 158 valence electrons. The number of carbonyl (C=O) groups is 2. The molecule has 0 radical (unpaired) electrons. The second-order valence-electron chi connectivity index (χ2n) is 6.60. The van der Waals surface area contributed by atoms with Gasteiger partial charge in [0.2, 0.25) is 0 Å². The number of carbonyl (C=O) groups excluding carboxylic acids is 2. The topological polar surface area (TPSA) is 79.8 Å². The maximum atomic E-state index is 12.1. The average Bonchev–Trinajstić information content (AvgIpc) is 2.75. The minimum atomic E-state index is -0.345. The van der Waals surface area contributed by atoms with Gasteiger partial charge in [-0.1, -0.05) is 53.0 Å². The number of benzene rings is 3. The molecule has 0 heterocycles. The van der Waals surface area contributed by atoms with Crippen LogP contribution in [0.3, 0.4) is 0 Å². The molecule has 0 bridgehead atoms. The van der Waals surface area contributed by atoms with E-state index >= 15 is 0 Å². The molecule has 0 aliphatic carbocycles. The van der Waals surface area contributed by atoms with Crippen molar-refractivity contribution in [3.05, 3.63) is 93.5 Å². The van der Waals surface area contributed by atoms with Crippen molar-refractivity contribution in [3.8, 4) is 5.75 Å². The Kier molecular flexibility index (Phi) is 7.65.